The molecule has 2 aromatic carbocycles. The summed E-state index contributed by atoms with van der Waals surface area (Å²) in [5.74, 6) is -0.308. The number of alkyl halides is 3. The molecule has 25 heavy (non-hydrogen) atoms. The predicted octanol–water partition coefficient (Wildman–Crippen LogP) is 4.26. The maximum absolute atomic E-state index is 12.8. The minimum absolute atomic E-state index is 0.260. The van der Waals surface area contributed by atoms with Gasteiger partial charge >= 0.3 is 15.6 Å². The van der Waals surface area contributed by atoms with Crippen molar-refractivity contribution >= 4 is 31.7 Å². The molecule has 0 aromatic heterocycles. The number of benzene rings is 2. The maximum Gasteiger partial charge on any atom is 0.534 e. The fraction of sp³-hybridized carbons (Fsp3) is 0.176. The summed E-state index contributed by atoms with van der Waals surface area (Å²) < 4.78 is 66.4. The molecule has 0 N–H and O–H groups in total. The zero-order chi connectivity index (χ0) is 18.7. The SMILES string of the molecule is C[S+](C)/C(=C(/OS(=O)(=O)C(F)(F)F)c1ccccc1)c1ccccc1. The smallest absolute Gasteiger partial charge is 0.370 e. The Kier molecular flexibility index (Phi) is 5.84. The van der Waals surface area contributed by atoms with E-state index >= 15 is 0 Å². The van der Waals surface area contributed by atoms with Gasteiger partial charge in [-0.2, -0.15) is 21.6 Å². The average Bonchev–Trinajstić information content (AvgIpc) is 2.54. The first kappa shape index (κ1) is 19.4. The zero-order valence-electron chi connectivity index (χ0n) is 13.4. The van der Waals surface area contributed by atoms with Crippen LogP contribution in [0.25, 0.3) is 10.7 Å². The molecule has 3 nitrogen and oxygen atoms in total. The fourth-order valence-electron chi connectivity index (χ4n) is 2.11. The number of rotatable bonds is 5. The summed E-state index contributed by atoms with van der Waals surface area (Å²) in [4.78, 5) is 0.402. The van der Waals surface area contributed by atoms with Crippen molar-refractivity contribution in [3.05, 3.63) is 71.8 Å². The lowest BCUT2D eigenvalue weighted by Gasteiger charge is -2.15. The normalized spacial score (nSPS) is 13.5. The van der Waals surface area contributed by atoms with Gasteiger partial charge in [0.1, 0.15) is 12.5 Å². The van der Waals surface area contributed by atoms with E-state index in [0.717, 1.165) is 0 Å². The lowest BCUT2D eigenvalue weighted by molar-refractivity contribution is -0.0509. The van der Waals surface area contributed by atoms with Gasteiger partial charge in [-0.1, -0.05) is 48.5 Å². The minimum atomic E-state index is -5.79. The second kappa shape index (κ2) is 7.53. The van der Waals surface area contributed by atoms with Crippen LogP contribution in [0.5, 0.6) is 0 Å². The third-order valence-corrected chi connectivity index (χ3v) is 5.35. The molecule has 8 heteroatoms. The van der Waals surface area contributed by atoms with Crippen molar-refractivity contribution in [1.82, 2.24) is 0 Å². The molecular formula is C17H16F3O3S2+. The van der Waals surface area contributed by atoms with E-state index in [9.17, 15) is 21.6 Å². The standard InChI is InChI=1S/C17H16F3O3S2/c1-24(2)16(14-11-7-4-8-12-14)15(13-9-5-3-6-10-13)23-25(21,22)17(18,19)20/h3-12H,1-2H3/q+1/b16-15+. The highest BCUT2D eigenvalue weighted by atomic mass is 32.2. The Balaban J connectivity index is 2.73. The highest BCUT2D eigenvalue weighted by Crippen LogP contribution is 2.36. The van der Waals surface area contributed by atoms with Crippen molar-refractivity contribution < 1.29 is 25.8 Å². The van der Waals surface area contributed by atoms with E-state index in [2.05, 4.69) is 4.18 Å². The van der Waals surface area contributed by atoms with Gasteiger partial charge in [-0.25, -0.2) is 0 Å². The van der Waals surface area contributed by atoms with E-state index < -0.39 is 26.5 Å². The Morgan fingerprint density at radius 3 is 1.72 bits per heavy atom. The number of hydrogen-bond donors (Lipinski definition) is 0. The largest absolute Gasteiger partial charge is 0.534 e. The Morgan fingerprint density at radius 1 is 0.880 bits per heavy atom. The first-order valence-corrected chi connectivity index (χ1v) is 10.5. The van der Waals surface area contributed by atoms with E-state index in [-0.39, 0.29) is 11.3 Å². The van der Waals surface area contributed by atoms with E-state index in [0.29, 0.717) is 10.5 Å². The van der Waals surface area contributed by atoms with Crippen molar-refractivity contribution in [1.29, 1.82) is 0 Å². The summed E-state index contributed by atoms with van der Waals surface area (Å²) in [6.07, 6.45) is 3.57. The van der Waals surface area contributed by atoms with Gasteiger partial charge in [0, 0.05) is 22.0 Å². The Morgan fingerprint density at radius 2 is 1.32 bits per heavy atom. The predicted molar refractivity (Wildman–Crippen MR) is 95.0 cm³/mol. The highest BCUT2D eigenvalue weighted by Gasteiger charge is 2.49. The molecule has 0 heterocycles. The summed E-state index contributed by atoms with van der Waals surface area (Å²) >= 11 is 0. The lowest BCUT2D eigenvalue weighted by Crippen LogP contribution is -2.25. The molecule has 0 aliphatic carbocycles. The van der Waals surface area contributed by atoms with Crippen molar-refractivity contribution in [2.24, 2.45) is 0 Å². The maximum atomic E-state index is 12.8. The van der Waals surface area contributed by atoms with Crippen LogP contribution < -0.4 is 0 Å². The fourth-order valence-corrected chi connectivity index (χ4v) is 3.79. The first-order valence-electron chi connectivity index (χ1n) is 7.07. The third-order valence-electron chi connectivity index (χ3n) is 3.16. The summed E-state index contributed by atoms with van der Waals surface area (Å²) in [5.41, 5.74) is -4.64. The van der Waals surface area contributed by atoms with Gasteiger partial charge in [0.15, 0.2) is 0 Å². The molecule has 0 bridgehead atoms. The first-order chi connectivity index (χ1) is 11.6. The molecule has 0 aliphatic rings. The number of hydrogen-bond acceptors (Lipinski definition) is 3. The van der Waals surface area contributed by atoms with Crippen molar-refractivity contribution in [3.8, 4) is 0 Å². The summed E-state index contributed by atoms with van der Waals surface area (Å²) in [6.45, 7) is 0. The molecule has 0 radical (unpaired) electrons. The Bertz CT molecular complexity index is 844. The van der Waals surface area contributed by atoms with Gasteiger partial charge in [-0.15, -0.1) is 0 Å². The summed E-state index contributed by atoms with van der Waals surface area (Å²) in [6, 6.07) is 16.5. The second-order valence-electron chi connectivity index (χ2n) is 5.19. The van der Waals surface area contributed by atoms with Crippen molar-refractivity contribution in [2.75, 3.05) is 12.5 Å². The molecule has 0 fully saturated rings. The minimum Gasteiger partial charge on any atom is -0.370 e. The van der Waals surface area contributed by atoms with Gasteiger partial charge < -0.3 is 4.18 Å². The van der Waals surface area contributed by atoms with Gasteiger partial charge in [0.25, 0.3) is 0 Å². The van der Waals surface area contributed by atoms with Crippen LogP contribution in [0.15, 0.2) is 60.7 Å². The monoisotopic (exact) mass is 389 g/mol. The molecule has 2 rings (SSSR count). The molecule has 2 aromatic rings. The molecule has 0 spiro atoms. The lowest BCUT2D eigenvalue weighted by atomic mass is 10.1. The number of halogens is 3. The van der Waals surface area contributed by atoms with E-state index in [1.165, 1.54) is 12.1 Å². The van der Waals surface area contributed by atoms with E-state index in [4.69, 9.17) is 0 Å². The molecule has 0 unspecified atom stereocenters. The van der Waals surface area contributed by atoms with Crippen LogP contribution in [-0.2, 0) is 25.2 Å². The molecule has 0 saturated carbocycles. The molecule has 134 valence electrons. The van der Waals surface area contributed by atoms with Crippen molar-refractivity contribution in [2.45, 2.75) is 5.51 Å². The summed E-state index contributed by atoms with van der Waals surface area (Å²) in [7, 11) is -6.36. The van der Waals surface area contributed by atoms with Crippen LogP contribution in [0, 0.1) is 0 Å². The summed E-state index contributed by atoms with van der Waals surface area (Å²) in [5, 5.41) is 0. The molecule has 0 amide bonds. The van der Waals surface area contributed by atoms with Crippen LogP contribution in [-0.4, -0.2) is 26.4 Å². The van der Waals surface area contributed by atoms with E-state index in [1.54, 1.807) is 61.0 Å². The molecular weight excluding hydrogens is 373 g/mol. The molecule has 0 aliphatic heterocycles. The second-order valence-corrected chi connectivity index (χ2v) is 8.77. The van der Waals surface area contributed by atoms with Crippen LogP contribution in [0.3, 0.4) is 0 Å². The van der Waals surface area contributed by atoms with E-state index in [1.807, 2.05) is 0 Å². The van der Waals surface area contributed by atoms with Crippen LogP contribution in [0.1, 0.15) is 11.1 Å². The van der Waals surface area contributed by atoms with Crippen LogP contribution >= 0.6 is 0 Å². The third kappa shape index (κ3) is 4.58. The topological polar surface area (TPSA) is 43.4 Å². The van der Waals surface area contributed by atoms with Crippen molar-refractivity contribution in [3.63, 3.8) is 0 Å². The van der Waals surface area contributed by atoms with Gasteiger partial charge in [0.2, 0.25) is 10.7 Å². The van der Waals surface area contributed by atoms with Gasteiger partial charge in [-0.3, -0.25) is 0 Å². The average molecular weight is 389 g/mol. The molecule has 0 saturated heterocycles. The Labute approximate surface area is 147 Å². The van der Waals surface area contributed by atoms with Crippen LogP contribution in [0.4, 0.5) is 13.2 Å². The zero-order valence-corrected chi connectivity index (χ0v) is 15.1. The van der Waals surface area contributed by atoms with Gasteiger partial charge in [-0.05, 0) is 12.1 Å². The quantitative estimate of drug-likeness (QED) is 0.252. The van der Waals surface area contributed by atoms with Gasteiger partial charge in [0.05, 0.1) is 0 Å². The molecule has 0 atom stereocenters. The Hall–Kier alpha value is -1.93. The highest BCUT2D eigenvalue weighted by molar-refractivity contribution is 8.04. The van der Waals surface area contributed by atoms with Crippen LogP contribution in [0.2, 0.25) is 0 Å².